The standard InChI is InChI=1S/C27H21N5O4S/c1-35-21-10-12-22(13-11-21)36-25-14-9-18(15-24(25)32(33)34)17-28-31-26(29-30-27(31)37)16-20-7-4-6-19-5-2-3-8-23(19)20/h2-15,17H,16H2,1H3,(H,30,37)/b28-17-. The molecule has 0 amide bonds. The summed E-state index contributed by atoms with van der Waals surface area (Å²) in [5.74, 6) is 1.84. The number of nitro benzene ring substituents is 1. The van der Waals surface area contributed by atoms with Crippen LogP contribution in [0.2, 0.25) is 0 Å². The highest BCUT2D eigenvalue weighted by Gasteiger charge is 2.17. The van der Waals surface area contributed by atoms with Crippen LogP contribution in [0.25, 0.3) is 10.8 Å². The molecule has 5 aromatic rings. The number of nitro groups is 1. The Kier molecular flexibility index (Phi) is 6.73. The topological polar surface area (TPSA) is 108 Å². The van der Waals surface area contributed by atoms with E-state index in [1.54, 1.807) is 37.4 Å². The number of aromatic amines is 1. The van der Waals surface area contributed by atoms with E-state index in [1.807, 2.05) is 24.3 Å². The molecule has 0 aliphatic heterocycles. The lowest BCUT2D eigenvalue weighted by molar-refractivity contribution is -0.385. The van der Waals surface area contributed by atoms with Gasteiger partial charge in [-0.05, 0) is 65.0 Å². The van der Waals surface area contributed by atoms with Crippen molar-refractivity contribution in [1.82, 2.24) is 14.9 Å². The van der Waals surface area contributed by atoms with Gasteiger partial charge in [0.15, 0.2) is 5.82 Å². The molecule has 37 heavy (non-hydrogen) atoms. The van der Waals surface area contributed by atoms with Crippen LogP contribution in [0.4, 0.5) is 5.69 Å². The Bertz CT molecular complexity index is 1670. The highest BCUT2D eigenvalue weighted by atomic mass is 32.1. The number of hydrogen-bond donors (Lipinski definition) is 1. The minimum Gasteiger partial charge on any atom is -0.497 e. The maximum atomic E-state index is 11.7. The summed E-state index contributed by atoms with van der Waals surface area (Å²) in [5.41, 5.74) is 1.40. The van der Waals surface area contributed by atoms with Gasteiger partial charge in [-0.3, -0.25) is 15.2 Å². The fourth-order valence-corrected chi connectivity index (χ4v) is 4.11. The van der Waals surface area contributed by atoms with Crippen molar-refractivity contribution in [2.45, 2.75) is 6.42 Å². The number of aromatic nitrogens is 3. The van der Waals surface area contributed by atoms with E-state index < -0.39 is 4.92 Å². The first kappa shape index (κ1) is 23.9. The van der Waals surface area contributed by atoms with Crippen LogP contribution in [0, 0.1) is 14.9 Å². The minimum absolute atomic E-state index is 0.115. The maximum absolute atomic E-state index is 11.7. The summed E-state index contributed by atoms with van der Waals surface area (Å²) in [7, 11) is 1.56. The van der Waals surface area contributed by atoms with E-state index in [0.717, 1.165) is 16.3 Å². The molecule has 10 heteroatoms. The van der Waals surface area contributed by atoms with Crippen molar-refractivity contribution >= 4 is 34.9 Å². The summed E-state index contributed by atoms with van der Waals surface area (Å²) >= 11 is 5.37. The molecule has 0 bridgehead atoms. The summed E-state index contributed by atoms with van der Waals surface area (Å²) in [6, 6.07) is 25.6. The lowest BCUT2D eigenvalue weighted by atomic mass is 10.0. The van der Waals surface area contributed by atoms with Crippen LogP contribution in [0.1, 0.15) is 17.0 Å². The smallest absolute Gasteiger partial charge is 0.312 e. The molecular weight excluding hydrogens is 490 g/mol. The Morgan fingerprint density at radius 1 is 1.05 bits per heavy atom. The van der Waals surface area contributed by atoms with E-state index in [0.29, 0.717) is 34.1 Å². The van der Waals surface area contributed by atoms with Crippen molar-refractivity contribution < 1.29 is 14.4 Å². The molecule has 1 aromatic heterocycles. The largest absolute Gasteiger partial charge is 0.497 e. The third-order valence-electron chi connectivity index (χ3n) is 5.74. The Balaban J connectivity index is 1.41. The van der Waals surface area contributed by atoms with Crippen LogP contribution < -0.4 is 9.47 Å². The van der Waals surface area contributed by atoms with Gasteiger partial charge in [-0.1, -0.05) is 42.5 Å². The van der Waals surface area contributed by atoms with Crippen LogP contribution in [0.15, 0.2) is 90.0 Å². The Morgan fingerprint density at radius 2 is 1.81 bits per heavy atom. The second kappa shape index (κ2) is 10.4. The van der Waals surface area contributed by atoms with E-state index in [4.69, 9.17) is 21.7 Å². The van der Waals surface area contributed by atoms with Crippen LogP contribution in [0.5, 0.6) is 17.2 Å². The third-order valence-corrected chi connectivity index (χ3v) is 6.00. The summed E-state index contributed by atoms with van der Waals surface area (Å²) in [6.07, 6.45) is 2.00. The molecule has 0 radical (unpaired) electrons. The van der Waals surface area contributed by atoms with E-state index in [-0.39, 0.29) is 11.4 Å². The summed E-state index contributed by atoms with van der Waals surface area (Å²) in [5, 5.41) is 25.6. The number of benzene rings is 4. The van der Waals surface area contributed by atoms with Crippen molar-refractivity contribution in [2.24, 2.45) is 5.10 Å². The van der Waals surface area contributed by atoms with E-state index in [2.05, 4.69) is 33.5 Å². The number of nitrogens with zero attached hydrogens (tertiary/aromatic N) is 4. The average Bonchev–Trinajstić information content (AvgIpc) is 3.27. The monoisotopic (exact) mass is 511 g/mol. The number of H-pyrrole nitrogens is 1. The van der Waals surface area contributed by atoms with Crippen molar-refractivity contribution in [2.75, 3.05) is 7.11 Å². The molecule has 4 aromatic carbocycles. The third kappa shape index (κ3) is 5.24. The Labute approximate surface area is 216 Å². The van der Waals surface area contributed by atoms with Gasteiger partial charge in [0.1, 0.15) is 11.5 Å². The molecule has 9 nitrogen and oxygen atoms in total. The first-order chi connectivity index (χ1) is 18.0. The molecule has 0 atom stereocenters. The molecule has 184 valence electrons. The molecule has 0 aliphatic carbocycles. The van der Waals surface area contributed by atoms with Crippen molar-refractivity contribution in [3.63, 3.8) is 0 Å². The Morgan fingerprint density at radius 3 is 2.59 bits per heavy atom. The van der Waals surface area contributed by atoms with Gasteiger partial charge in [0, 0.05) is 18.1 Å². The van der Waals surface area contributed by atoms with Gasteiger partial charge in [0.05, 0.1) is 18.2 Å². The van der Waals surface area contributed by atoms with Crippen molar-refractivity contribution in [3.05, 3.63) is 117 Å². The quantitative estimate of drug-likeness (QED) is 0.114. The van der Waals surface area contributed by atoms with Gasteiger partial charge in [0.2, 0.25) is 10.5 Å². The minimum atomic E-state index is -0.494. The normalized spacial score (nSPS) is 11.2. The van der Waals surface area contributed by atoms with E-state index in [9.17, 15) is 10.1 Å². The fraction of sp³-hybridized carbons (Fsp3) is 0.0741. The molecule has 0 spiro atoms. The van der Waals surface area contributed by atoms with E-state index in [1.165, 1.54) is 23.0 Å². The van der Waals surface area contributed by atoms with Crippen molar-refractivity contribution in [3.8, 4) is 17.2 Å². The van der Waals surface area contributed by atoms with Gasteiger partial charge in [-0.25, -0.2) is 0 Å². The molecule has 0 unspecified atom stereocenters. The molecule has 5 rings (SSSR count). The van der Waals surface area contributed by atoms with Crippen molar-refractivity contribution in [1.29, 1.82) is 0 Å². The highest BCUT2D eigenvalue weighted by Crippen LogP contribution is 2.32. The SMILES string of the molecule is COc1ccc(Oc2ccc(/C=N\n3c(Cc4cccc5ccccc45)n[nH]c3=S)cc2[N+](=O)[O-])cc1. The number of nitrogens with one attached hydrogen (secondary N) is 1. The number of rotatable bonds is 8. The highest BCUT2D eigenvalue weighted by molar-refractivity contribution is 7.71. The first-order valence-corrected chi connectivity index (χ1v) is 11.7. The second-order valence-electron chi connectivity index (χ2n) is 8.08. The van der Waals surface area contributed by atoms with Gasteiger partial charge < -0.3 is 9.47 Å². The van der Waals surface area contributed by atoms with Gasteiger partial charge in [-0.15, -0.1) is 0 Å². The van der Waals surface area contributed by atoms with Gasteiger partial charge in [-0.2, -0.15) is 14.9 Å². The van der Waals surface area contributed by atoms with Crippen LogP contribution in [0.3, 0.4) is 0 Å². The summed E-state index contributed by atoms with van der Waals surface area (Å²) in [4.78, 5) is 11.2. The zero-order valence-electron chi connectivity index (χ0n) is 19.7. The van der Waals surface area contributed by atoms with Crippen LogP contribution >= 0.6 is 12.2 Å². The fourth-order valence-electron chi connectivity index (χ4n) is 3.91. The Hall–Kier alpha value is -4.83. The molecule has 0 saturated carbocycles. The predicted molar refractivity (Wildman–Crippen MR) is 143 cm³/mol. The number of fused-ring (bicyclic) bond motifs is 1. The second-order valence-corrected chi connectivity index (χ2v) is 8.46. The molecule has 0 fully saturated rings. The van der Waals surface area contributed by atoms with Crippen LogP contribution in [-0.4, -0.2) is 33.1 Å². The zero-order valence-corrected chi connectivity index (χ0v) is 20.5. The average molecular weight is 512 g/mol. The molecule has 1 N–H and O–H groups in total. The molecular formula is C27H21N5O4S. The summed E-state index contributed by atoms with van der Waals surface area (Å²) in [6.45, 7) is 0. The summed E-state index contributed by atoms with van der Waals surface area (Å²) < 4.78 is 12.7. The zero-order chi connectivity index (χ0) is 25.8. The lowest BCUT2D eigenvalue weighted by Crippen LogP contribution is -2.01. The number of ether oxygens (including phenoxy) is 2. The van der Waals surface area contributed by atoms with E-state index >= 15 is 0 Å². The predicted octanol–water partition coefficient (Wildman–Crippen LogP) is 6.28. The lowest BCUT2D eigenvalue weighted by Gasteiger charge is -2.08. The maximum Gasteiger partial charge on any atom is 0.312 e. The van der Waals surface area contributed by atoms with Crippen LogP contribution in [-0.2, 0) is 6.42 Å². The molecule has 1 heterocycles. The molecule has 0 aliphatic rings. The first-order valence-electron chi connectivity index (χ1n) is 11.3. The van der Waals surface area contributed by atoms with Gasteiger partial charge >= 0.3 is 5.69 Å². The number of hydrogen-bond acceptors (Lipinski definition) is 7. The molecule has 0 saturated heterocycles. The number of methoxy groups -OCH3 is 1. The van der Waals surface area contributed by atoms with Gasteiger partial charge in [0.25, 0.3) is 0 Å².